The fraction of sp³-hybridized carbons (Fsp3) is 0.0556. The molecule has 0 spiro atoms. The van der Waals surface area contributed by atoms with Crippen LogP contribution in [0.15, 0.2) is 52.3 Å². The van der Waals surface area contributed by atoms with E-state index in [1.807, 2.05) is 25.1 Å². The van der Waals surface area contributed by atoms with Crippen molar-refractivity contribution in [3.63, 3.8) is 0 Å². The van der Waals surface area contributed by atoms with Crippen LogP contribution in [0.25, 0.3) is 16.2 Å². The summed E-state index contributed by atoms with van der Waals surface area (Å²) in [4.78, 5) is 0.438. The predicted molar refractivity (Wildman–Crippen MR) is 104 cm³/mol. The second-order valence-electron chi connectivity index (χ2n) is 5.31. The first-order chi connectivity index (χ1) is 11.8. The maximum Gasteiger partial charge on any atom is 0.216 e. The number of thiophene rings is 1. The van der Waals surface area contributed by atoms with E-state index in [0.717, 1.165) is 15.6 Å². The number of hydrogen-bond acceptors (Lipinski definition) is 4. The maximum atomic E-state index is 12.7. The van der Waals surface area contributed by atoms with Gasteiger partial charge in [-0.1, -0.05) is 23.2 Å². The van der Waals surface area contributed by atoms with Crippen molar-refractivity contribution >= 4 is 60.5 Å². The van der Waals surface area contributed by atoms with Gasteiger partial charge >= 0.3 is 0 Å². The number of nitrogens with zero attached hydrogens (tertiary/aromatic N) is 1. The molecule has 1 heterocycles. The summed E-state index contributed by atoms with van der Waals surface area (Å²) in [6.07, 6.45) is 1.41. The van der Waals surface area contributed by atoms with Crippen LogP contribution in [0.4, 0.5) is 0 Å². The van der Waals surface area contributed by atoms with E-state index < -0.39 is 9.84 Å². The summed E-state index contributed by atoms with van der Waals surface area (Å²) < 4.78 is 26.4. The molecular weight excluding hydrogens is 397 g/mol. The predicted octanol–water partition coefficient (Wildman–Crippen LogP) is 5.85. The zero-order valence-electron chi connectivity index (χ0n) is 13.0. The van der Waals surface area contributed by atoms with E-state index >= 15 is 0 Å². The lowest BCUT2D eigenvalue weighted by molar-refractivity contribution is 0.603. The van der Waals surface area contributed by atoms with Crippen molar-refractivity contribution in [3.8, 4) is 6.07 Å². The number of allylic oxidation sites excluding steroid dienone is 1. The van der Waals surface area contributed by atoms with Crippen molar-refractivity contribution in [2.75, 3.05) is 0 Å². The van der Waals surface area contributed by atoms with Crippen LogP contribution in [0.2, 0.25) is 10.0 Å². The summed E-state index contributed by atoms with van der Waals surface area (Å²) in [7, 11) is -3.91. The molecule has 0 atom stereocenters. The minimum Gasteiger partial charge on any atom is -0.218 e. The maximum absolute atomic E-state index is 12.7. The van der Waals surface area contributed by atoms with Crippen LogP contribution >= 0.6 is 34.5 Å². The zero-order valence-corrected chi connectivity index (χ0v) is 16.1. The van der Waals surface area contributed by atoms with Crippen LogP contribution in [0.5, 0.6) is 0 Å². The lowest BCUT2D eigenvalue weighted by atomic mass is 10.1. The third kappa shape index (κ3) is 3.44. The quantitative estimate of drug-likeness (QED) is 0.511. The zero-order chi connectivity index (χ0) is 18.2. The van der Waals surface area contributed by atoms with Gasteiger partial charge < -0.3 is 0 Å². The van der Waals surface area contributed by atoms with E-state index in [2.05, 4.69) is 0 Å². The molecule has 3 nitrogen and oxygen atoms in total. The highest BCUT2D eigenvalue weighted by atomic mass is 35.5. The Balaban J connectivity index is 2.14. The molecule has 0 bridgehead atoms. The molecule has 0 amide bonds. The lowest BCUT2D eigenvalue weighted by Gasteiger charge is -2.03. The first-order valence-electron chi connectivity index (χ1n) is 7.14. The van der Waals surface area contributed by atoms with Gasteiger partial charge in [0.05, 0.1) is 4.90 Å². The van der Waals surface area contributed by atoms with Gasteiger partial charge in [-0.2, -0.15) is 5.26 Å². The summed E-state index contributed by atoms with van der Waals surface area (Å²) in [6.45, 7) is 1.88. The molecule has 0 unspecified atom stereocenters. The van der Waals surface area contributed by atoms with E-state index in [0.29, 0.717) is 14.9 Å². The number of aryl methyl sites for hydroxylation is 1. The molecule has 0 saturated heterocycles. The number of rotatable bonds is 3. The molecule has 0 N–H and O–H groups in total. The molecule has 3 aromatic rings. The largest absolute Gasteiger partial charge is 0.218 e. The SMILES string of the molecule is Cc1c(/C=C(/C#N)S(=O)(=O)c2ccc(Cl)cc2)sc2ccc(Cl)cc12. The number of fused-ring (bicyclic) bond motifs is 1. The van der Waals surface area contributed by atoms with Crippen LogP contribution in [0, 0.1) is 18.3 Å². The Labute approximate surface area is 159 Å². The Morgan fingerprint density at radius 3 is 2.40 bits per heavy atom. The Bertz CT molecular complexity index is 1140. The third-order valence-corrected chi connectivity index (χ3v) is 7.11. The van der Waals surface area contributed by atoms with Crippen molar-refractivity contribution in [1.29, 1.82) is 5.26 Å². The van der Waals surface area contributed by atoms with Gasteiger partial charge in [-0.3, -0.25) is 0 Å². The molecule has 2 aromatic carbocycles. The second-order valence-corrected chi connectivity index (χ2v) is 9.18. The monoisotopic (exact) mass is 407 g/mol. The Hall–Kier alpha value is -1.84. The van der Waals surface area contributed by atoms with Gasteiger partial charge in [-0.25, -0.2) is 8.42 Å². The molecule has 0 aliphatic carbocycles. The molecule has 0 aliphatic rings. The number of hydrogen-bond donors (Lipinski definition) is 0. The summed E-state index contributed by atoms with van der Waals surface area (Å²) >= 11 is 13.2. The van der Waals surface area contributed by atoms with E-state index in [1.165, 1.54) is 41.7 Å². The summed E-state index contributed by atoms with van der Waals surface area (Å²) in [6, 6.07) is 13.0. The average molecular weight is 408 g/mol. The number of benzene rings is 2. The van der Waals surface area contributed by atoms with Crippen LogP contribution in [-0.4, -0.2) is 8.42 Å². The number of nitriles is 1. The van der Waals surface area contributed by atoms with E-state index in [-0.39, 0.29) is 9.80 Å². The summed E-state index contributed by atoms with van der Waals surface area (Å²) in [5, 5.41) is 11.4. The normalized spacial score (nSPS) is 12.3. The molecular formula is C18H11Cl2NO2S2. The fourth-order valence-electron chi connectivity index (χ4n) is 2.38. The Morgan fingerprint density at radius 1 is 1.12 bits per heavy atom. The lowest BCUT2D eigenvalue weighted by Crippen LogP contribution is -2.03. The Morgan fingerprint density at radius 2 is 1.76 bits per heavy atom. The molecule has 0 radical (unpaired) electrons. The molecule has 0 fully saturated rings. The van der Waals surface area contributed by atoms with Gasteiger partial charge in [0, 0.05) is 19.6 Å². The van der Waals surface area contributed by atoms with Crippen LogP contribution in [0.3, 0.4) is 0 Å². The van der Waals surface area contributed by atoms with Crippen molar-refractivity contribution < 1.29 is 8.42 Å². The first kappa shape index (κ1) is 18.0. The van der Waals surface area contributed by atoms with Gasteiger partial charge in [-0.05, 0) is 66.4 Å². The smallest absolute Gasteiger partial charge is 0.216 e. The van der Waals surface area contributed by atoms with Gasteiger partial charge in [0.25, 0.3) is 0 Å². The summed E-state index contributed by atoms with van der Waals surface area (Å²) in [5.74, 6) is 0. The molecule has 0 saturated carbocycles. The molecule has 3 rings (SSSR count). The minimum absolute atomic E-state index is 0.0338. The van der Waals surface area contributed by atoms with Crippen molar-refractivity contribution in [2.45, 2.75) is 11.8 Å². The van der Waals surface area contributed by atoms with Gasteiger partial charge in [-0.15, -0.1) is 11.3 Å². The highest BCUT2D eigenvalue weighted by Gasteiger charge is 2.21. The second kappa shape index (κ2) is 6.81. The summed E-state index contributed by atoms with van der Waals surface area (Å²) in [5.41, 5.74) is 0.890. The van der Waals surface area contributed by atoms with Crippen LogP contribution in [0.1, 0.15) is 10.4 Å². The first-order valence-corrected chi connectivity index (χ1v) is 10.2. The average Bonchev–Trinajstić information content (AvgIpc) is 2.88. The third-order valence-electron chi connectivity index (χ3n) is 3.72. The van der Waals surface area contributed by atoms with Gasteiger partial charge in [0.2, 0.25) is 9.84 Å². The molecule has 0 aliphatic heterocycles. The topological polar surface area (TPSA) is 57.9 Å². The van der Waals surface area contributed by atoms with E-state index in [4.69, 9.17) is 23.2 Å². The molecule has 25 heavy (non-hydrogen) atoms. The van der Waals surface area contributed by atoms with E-state index in [9.17, 15) is 13.7 Å². The highest BCUT2D eigenvalue weighted by Crippen LogP contribution is 2.35. The van der Waals surface area contributed by atoms with Crippen molar-refractivity contribution in [1.82, 2.24) is 0 Å². The number of sulfone groups is 1. The van der Waals surface area contributed by atoms with Crippen LogP contribution < -0.4 is 0 Å². The van der Waals surface area contributed by atoms with E-state index in [1.54, 1.807) is 6.07 Å². The fourth-order valence-corrected chi connectivity index (χ4v) is 5.03. The Kier molecular flexibility index (Phi) is 4.90. The highest BCUT2D eigenvalue weighted by molar-refractivity contribution is 7.95. The van der Waals surface area contributed by atoms with Crippen molar-refractivity contribution in [2.24, 2.45) is 0 Å². The van der Waals surface area contributed by atoms with Gasteiger partial charge in [0.15, 0.2) is 4.91 Å². The standard InChI is InChI=1S/C18H11Cl2NO2S2/c1-11-16-8-13(20)4-7-17(16)24-18(11)9-15(10-21)25(22,23)14-5-2-12(19)3-6-14/h2-9H,1H3/b15-9-. The van der Waals surface area contributed by atoms with Crippen molar-refractivity contribution in [3.05, 3.63) is 67.9 Å². The molecule has 126 valence electrons. The van der Waals surface area contributed by atoms with Gasteiger partial charge in [0.1, 0.15) is 6.07 Å². The van der Waals surface area contributed by atoms with Crippen LogP contribution in [-0.2, 0) is 9.84 Å². The molecule has 7 heteroatoms. The number of halogens is 2. The molecule has 1 aromatic heterocycles. The minimum atomic E-state index is -3.91.